The van der Waals surface area contributed by atoms with Crippen molar-refractivity contribution in [1.29, 1.82) is 0 Å². The van der Waals surface area contributed by atoms with Gasteiger partial charge in [-0.05, 0) is 42.8 Å². The van der Waals surface area contributed by atoms with Gasteiger partial charge in [0.15, 0.2) is 16.7 Å². The average molecular weight is 457 g/mol. The van der Waals surface area contributed by atoms with E-state index in [2.05, 4.69) is 20.8 Å². The summed E-state index contributed by atoms with van der Waals surface area (Å²) in [4.78, 5) is 24.5. The molecule has 0 aliphatic carbocycles. The highest BCUT2D eigenvalue weighted by molar-refractivity contribution is 8.15. The molecule has 2 amide bonds. The van der Waals surface area contributed by atoms with E-state index in [0.717, 1.165) is 17.3 Å². The summed E-state index contributed by atoms with van der Waals surface area (Å²) < 4.78 is 15.9. The lowest BCUT2D eigenvalue weighted by molar-refractivity contribution is -0.122. The van der Waals surface area contributed by atoms with Crippen LogP contribution in [0.3, 0.4) is 0 Å². The van der Waals surface area contributed by atoms with Crippen LogP contribution in [0, 0.1) is 0 Å². The Bertz CT molecular complexity index is 1040. The van der Waals surface area contributed by atoms with Gasteiger partial charge in [0, 0.05) is 18.2 Å². The van der Waals surface area contributed by atoms with Gasteiger partial charge < -0.3 is 24.8 Å². The van der Waals surface area contributed by atoms with E-state index in [9.17, 15) is 9.59 Å². The second-order valence-corrected chi connectivity index (χ2v) is 7.76. The summed E-state index contributed by atoms with van der Waals surface area (Å²) in [5, 5.41) is 13.2. The molecule has 1 fully saturated rings. The van der Waals surface area contributed by atoms with Crippen molar-refractivity contribution in [3.63, 3.8) is 0 Å². The molecule has 32 heavy (non-hydrogen) atoms. The monoisotopic (exact) mass is 456 g/mol. The van der Waals surface area contributed by atoms with Gasteiger partial charge in [-0.15, -0.1) is 5.10 Å². The fraction of sp³-hybridized carbons (Fsp3) is 0.273. The van der Waals surface area contributed by atoms with Crippen LogP contribution >= 0.6 is 11.8 Å². The van der Waals surface area contributed by atoms with Crippen molar-refractivity contribution >= 4 is 40.6 Å². The van der Waals surface area contributed by atoms with Crippen molar-refractivity contribution in [3.8, 4) is 17.2 Å². The predicted molar refractivity (Wildman–Crippen MR) is 125 cm³/mol. The number of nitrogens with zero attached hydrogens (tertiary/aromatic N) is 2. The van der Waals surface area contributed by atoms with Gasteiger partial charge in [-0.2, -0.15) is 5.10 Å². The lowest BCUT2D eigenvalue weighted by Crippen LogP contribution is -2.28. The molecule has 0 bridgehead atoms. The molecule has 0 radical (unpaired) electrons. The zero-order valence-corrected chi connectivity index (χ0v) is 18.8. The van der Waals surface area contributed by atoms with Gasteiger partial charge in [0.25, 0.3) is 0 Å². The number of rotatable bonds is 9. The minimum absolute atomic E-state index is 0.00659. The molecule has 2 aromatic carbocycles. The Morgan fingerprint density at radius 2 is 2.03 bits per heavy atom. The molecule has 3 rings (SSSR count). The molecule has 168 valence electrons. The highest BCUT2D eigenvalue weighted by atomic mass is 32.2. The number of benzene rings is 2. The molecule has 0 saturated carbocycles. The first-order valence-corrected chi connectivity index (χ1v) is 10.7. The van der Waals surface area contributed by atoms with Crippen molar-refractivity contribution in [1.82, 2.24) is 5.32 Å². The number of nitrogens with one attached hydrogen (secondary N) is 2. The molecule has 1 aliphatic heterocycles. The van der Waals surface area contributed by atoms with E-state index < -0.39 is 5.25 Å². The highest BCUT2D eigenvalue weighted by Gasteiger charge is 2.32. The molecule has 10 heteroatoms. The number of thioether (sulfide) groups is 1. The maximum absolute atomic E-state index is 12.3. The van der Waals surface area contributed by atoms with Crippen molar-refractivity contribution in [2.75, 3.05) is 26.1 Å². The van der Waals surface area contributed by atoms with Gasteiger partial charge in [-0.3, -0.25) is 9.59 Å². The fourth-order valence-electron chi connectivity index (χ4n) is 2.86. The first kappa shape index (κ1) is 23.1. The molecular weight excluding hydrogens is 432 g/mol. The number of hydrogen-bond donors (Lipinski definition) is 2. The number of methoxy groups -OCH3 is 2. The first-order valence-electron chi connectivity index (χ1n) is 9.85. The third kappa shape index (κ3) is 6.24. The number of carbonyl (C=O) groups is 2. The summed E-state index contributed by atoms with van der Waals surface area (Å²) in [7, 11) is 3.13. The van der Waals surface area contributed by atoms with Gasteiger partial charge in [0.1, 0.15) is 11.0 Å². The average Bonchev–Trinajstić information content (AvgIpc) is 3.13. The molecule has 1 atom stereocenters. The largest absolute Gasteiger partial charge is 0.497 e. The van der Waals surface area contributed by atoms with Crippen LogP contribution in [-0.2, 0) is 9.59 Å². The normalized spacial score (nSPS) is 16.8. The Morgan fingerprint density at radius 1 is 1.19 bits per heavy atom. The molecule has 1 saturated heterocycles. The van der Waals surface area contributed by atoms with E-state index in [0.29, 0.717) is 34.7 Å². The quantitative estimate of drug-likeness (QED) is 0.443. The fourth-order valence-corrected chi connectivity index (χ4v) is 3.78. The molecule has 0 spiro atoms. The zero-order chi connectivity index (χ0) is 22.9. The Kier molecular flexibility index (Phi) is 8.09. The van der Waals surface area contributed by atoms with E-state index in [1.807, 2.05) is 13.0 Å². The third-order valence-corrected chi connectivity index (χ3v) is 5.42. The second kappa shape index (κ2) is 11.2. The van der Waals surface area contributed by atoms with Gasteiger partial charge in [0.2, 0.25) is 11.8 Å². The van der Waals surface area contributed by atoms with Crippen LogP contribution in [0.15, 0.2) is 52.7 Å². The Morgan fingerprint density at radius 3 is 2.78 bits per heavy atom. The van der Waals surface area contributed by atoms with Crippen LogP contribution < -0.4 is 24.8 Å². The molecule has 1 unspecified atom stereocenters. The van der Waals surface area contributed by atoms with Gasteiger partial charge >= 0.3 is 0 Å². The van der Waals surface area contributed by atoms with E-state index in [-0.39, 0.29) is 18.2 Å². The summed E-state index contributed by atoms with van der Waals surface area (Å²) >= 11 is 1.16. The van der Waals surface area contributed by atoms with Crippen molar-refractivity contribution < 1.29 is 23.8 Å². The van der Waals surface area contributed by atoms with Crippen molar-refractivity contribution in [3.05, 3.63) is 48.0 Å². The van der Waals surface area contributed by atoms with E-state index in [1.165, 1.54) is 0 Å². The number of amidine groups is 1. The number of amides is 2. The Labute approximate surface area is 190 Å². The standard InChI is InChI=1S/C22H24N4O5S/c1-4-31-18-10-14(8-9-17(18)30-3)13-23-26-22-25-21(28)19(32-22)12-20(27)24-15-6-5-7-16(11-15)29-2/h5-11,13,19H,4,12H2,1-3H3,(H,24,27)(H,25,26,28). The lowest BCUT2D eigenvalue weighted by atomic mass is 10.2. The summed E-state index contributed by atoms with van der Waals surface area (Å²) in [6, 6.07) is 12.4. The van der Waals surface area contributed by atoms with Crippen LogP contribution in [0.25, 0.3) is 0 Å². The minimum atomic E-state index is -0.583. The highest BCUT2D eigenvalue weighted by Crippen LogP contribution is 2.28. The third-order valence-electron chi connectivity index (χ3n) is 4.34. The molecule has 1 aliphatic rings. The SMILES string of the molecule is CCOc1cc(C=N/N=C2\NC(=O)C(CC(=O)Nc3cccc(OC)c3)S2)ccc1OC. The van der Waals surface area contributed by atoms with Crippen LogP contribution in [0.4, 0.5) is 5.69 Å². The van der Waals surface area contributed by atoms with Gasteiger partial charge in [0.05, 0.1) is 27.0 Å². The second-order valence-electron chi connectivity index (χ2n) is 6.57. The Hall–Kier alpha value is -3.53. The summed E-state index contributed by atoms with van der Waals surface area (Å²) in [5.74, 6) is 1.31. The number of anilines is 1. The first-order chi connectivity index (χ1) is 15.5. The van der Waals surface area contributed by atoms with E-state index in [4.69, 9.17) is 14.2 Å². The number of hydrogen-bond acceptors (Lipinski definition) is 8. The van der Waals surface area contributed by atoms with Gasteiger partial charge in [-0.25, -0.2) is 0 Å². The number of carbonyl (C=O) groups excluding carboxylic acids is 2. The maximum atomic E-state index is 12.3. The molecule has 9 nitrogen and oxygen atoms in total. The van der Waals surface area contributed by atoms with Crippen LogP contribution in [0.2, 0.25) is 0 Å². The summed E-state index contributed by atoms with van der Waals surface area (Å²) in [6.07, 6.45) is 1.55. The Balaban J connectivity index is 1.57. The predicted octanol–water partition coefficient (Wildman–Crippen LogP) is 3.05. The van der Waals surface area contributed by atoms with Crippen LogP contribution in [0.1, 0.15) is 18.9 Å². The van der Waals surface area contributed by atoms with Crippen molar-refractivity contribution in [2.45, 2.75) is 18.6 Å². The van der Waals surface area contributed by atoms with E-state index in [1.54, 1.807) is 56.8 Å². The smallest absolute Gasteiger partial charge is 0.240 e. The van der Waals surface area contributed by atoms with Crippen LogP contribution in [0.5, 0.6) is 17.2 Å². The maximum Gasteiger partial charge on any atom is 0.240 e. The molecule has 2 aromatic rings. The van der Waals surface area contributed by atoms with Crippen molar-refractivity contribution in [2.24, 2.45) is 10.2 Å². The van der Waals surface area contributed by atoms with Crippen LogP contribution in [-0.4, -0.2) is 49.3 Å². The topological polar surface area (TPSA) is 111 Å². The zero-order valence-electron chi connectivity index (χ0n) is 18.0. The molecule has 0 aromatic heterocycles. The molecular formula is C22H24N4O5S. The van der Waals surface area contributed by atoms with E-state index >= 15 is 0 Å². The lowest BCUT2D eigenvalue weighted by Gasteiger charge is -2.09. The van der Waals surface area contributed by atoms with Gasteiger partial charge in [-0.1, -0.05) is 17.8 Å². The number of ether oxygens (including phenoxy) is 3. The minimum Gasteiger partial charge on any atom is -0.497 e. The summed E-state index contributed by atoms with van der Waals surface area (Å²) in [5.41, 5.74) is 1.37. The summed E-state index contributed by atoms with van der Waals surface area (Å²) in [6.45, 7) is 2.40. The molecule has 2 N–H and O–H groups in total. The molecule has 1 heterocycles.